The van der Waals surface area contributed by atoms with Gasteiger partial charge in [-0.15, -0.1) is 0 Å². The number of hydrogen-bond donors (Lipinski definition) is 0. The van der Waals surface area contributed by atoms with E-state index in [2.05, 4.69) is 0 Å². The van der Waals surface area contributed by atoms with Gasteiger partial charge in [-0.2, -0.15) is 0 Å². The molecule has 0 aromatic rings. The SMILES string of the molecule is CC(C)C(=O)OCC1(C)CO1. The third kappa shape index (κ3) is 2.50. The Labute approximate surface area is 66.7 Å². The van der Waals surface area contributed by atoms with Gasteiger partial charge in [0, 0.05) is 0 Å². The third-order valence-electron chi connectivity index (χ3n) is 1.63. The smallest absolute Gasteiger partial charge is 0.308 e. The topological polar surface area (TPSA) is 38.8 Å². The van der Waals surface area contributed by atoms with E-state index in [0.717, 1.165) is 0 Å². The zero-order valence-electron chi connectivity index (χ0n) is 7.22. The number of rotatable bonds is 3. The van der Waals surface area contributed by atoms with Crippen molar-refractivity contribution in [3.05, 3.63) is 0 Å². The summed E-state index contributed by atoms with van der Waals surface area (Å²) in [5.74, 6) is -0.195. The van der Waals surface area contributed by atoms with Crippen LogP contribution in [0, 0.1) is 5.92 Å². The van der Waals surface area contributed by atoms with Crippen molar-refractivity contribution in [2.24, 2.45) is 5.92 Å². The van der Waals surface area contributed by atoms with Gasteiger partial charge in [-0.05, 0) is 6.92 Å². The summed E-state index contributed by atoms with van der Waals surface area (Å²) in [6, 6.07) is 0. The van der Waals surface area contributed by atoms with Gasteiger partial charge < -0.3 is 9.47 Å². The van der Waals surface area contributed by atoms with Gasteiger partial charge in [-0.1, -0.05) is 13.8 Å². The largest absolute Gasteiger partial charge is 0.462 e. The lowest BCUT2D eigenvalue weighted by atomic mass is 10.2. The van der Waals surface area contributed by atoms with Crippen LogP contribution in [-0.4, -0.2) is 24.8 Å². The molecule has 1 fully saturated rings. The first-order valence-corrected chi connectivity index (χ1v) is 3.84. The normalized spacial score (nSPS) is 28.7. The third-order valence-corrected chi connectivity index (χ3v) is 1.63. The molecule has 1 aliphatic heterocycles. The summed E-state index contributed by atoms with van der Waals surface area (Å²) in [6.45, 7) is 6.67. The molecule has 0 amide bonds. The molecule has 1 heterocycles. The van der Waals surface area contributed by atoms with Crippen molar-refractivity contribution in [1.29, 1.82) is 0 Å². The van der Waals surface area contributed by atoms with E-state index in [-0.39, 0.29) is 17.5 Å². The van der Waals surface area contributed by atoms with Crippen molar-refractivity contribution in [3.63, 3.8) is 0 Å². The van der Waals surface area contributed by atoms with Gasteiger partial charge >= 0.3 is 5.97 Å². The minimum absolute atomic E-state index is 0.0441. The number of hydrogen-bond acceptors (Lipinski definition) is 3. The molecule has 0 bridgehead atoms. The highest BCUT2D eigenvalue weighted by Gasteiger charge is 2.40. The first-order chi connectivity index (χ1) is 5.03. The van der Waals surface area contributed by atoms with Crippen LogP contribution >= 0.6 is 0 Å². The fourth-order valence-corrected chi connectivity index (χ4v) is 0.597. The fourth-order valence-electron chi connectivity index (χ4n) is 0.597. The van der Waals surface area contributed by atoms with Crippen LogP contribution in [0.3, 0.4) is 0 Å². The maximum absolute atomic E-state index is 10.9. The van der Waals surface area contributed by atoms with Crippen molar-refractivity contribution < 1.29 is 14.3 Å². The predicted molar refractivity (Wildman–Crippen MR) is 40.2 cm³/mol. The Kier molecular flexibility index (Phi) is 2.18. The van der Waals surface area contributed by atoms with Gasteiger partial charge in [0.2, 0.25) is 0 Å². The van der Waals surface area contributed by atoms with E-state index in [4.69, 9.17) is 9.47 Å². The van der Waals surface area contributed by atoms with Crippen molar-refractivity contribution in [2.75, 3.05) is 13.2 Å². The number of carbonyl (C=O) groups excluding carboxylic acids is 1. The molecule has 0 aromatic carbocycles. The highest BCUT2D eigenvalue weighted by atomic mass is 16.6. The number of ether oxygens (including phenoxy) is 2. The minimum atomic E-state index is -0.176. The molecular weight excluding hydrogens is 144 g/mol. The molecule has 1 atom stereocenters. The average Bonchev–Trinajstić information content (AvgIpc) is 2.64. The van der Waals surface area contributed by atoms with Gasteiger partial charge in [-0.25, -0.2) is 0 Å². The molecule has 0 spiro atoms. The molecule has 0 radical (unpaired) electrons. The maximum Gasteiger partial charge on any atom is 0.308 e. The van der Waals surface area contributed by atoms with Crippen molar-refractivity contribution in [3.8, 4) is 0 Å². The minimum Gasteiger partial charge on any atom is -0.462 e. The summed E-state index contributed by atoms with van der Waals surface area (Å²) >= 11 is 0. The van der Waals surface area contributed by atoms with E-state index in [1.807, 2.05) is 20.8 Å². The molecule has 0 aromatic heterocycles. The Hall–Kier alpha value is -0.570. The molecule has 0 saturated carbocycles. The van der Waals surface area contributed by atoms with Crippen LogP contribution in [0.1, 0.15) is 20.8 Å². The monoisotopic (exact) mass is 158 g/mol. The molecule has 3 nitrogen and oxygen atoms in total. The van der Waals surface area contributed by atoms with E-state index in [0.29, 0.717) is 13.2 Å². The van der Waals surface area contributed by atoms with Gasteiger partial charge in [0.15, 0.2) is 0 Å². The average molecular weight is 158 g/mol. The lowest BCUT2D eigenvalue weighted by Gasteiger charge is -2.08. The molecular formula is C8H14O3. The van der Waals surface area contributed by atoms with Crippen LogP contribution in [0.5, 0.6) is 0 Å². The zero-order chi connectivity index (χ0) is 8.48. The second-order valence-corrected chi connectivity index (χ2v) is 3.50. The molecule has 1 saturated heterocycles. The Balaban J connectivity index is 2.16. The molecule has 11 heavy (non-hydrogen) atoms. The standard InChI is InChI=1S/C8H14O3/c1-6(2)7(9)10-4-8(3)5-11-8/h6H,4-5H2,1-3H3. The lowest BCUT2D eigenvalue weighted by Crippen LogP contribution is -2.21. The molecule has 0 aliphatic carbocycles. The number of carbonyl (C=O) groups is 1. The zero-order valence-corrected chi connectivity index (χ0v) is 7.22. The van der Waals surface area contributed by atoms with Crippen molar-refractivity contribution >= 4 is 5.97 Å². The summed E-state index contributed by atoms with van der Waals surface area (Å²) in [6.07, 6.45) is 0. The van der Waals surface area contributed by atoms with Crippen LogP contribution in [0.25, 0.3) is 0 Å². The van der Waals surface area contributed by atoms with Crippen LogP contribution in [0.2, 0.25) is 0 Å². The van der Waals surface area contributed by atoms with E-state index < -0.39 is 0 Å². The van der Waals surface area contributed by atoms with Crippen molar-refractivity contribution in [2.45, 2.75) is 26.4 Å². The highest BCUT2D eigenvalue weighted by Crippen LogP contribution is 2.25. The molecule has 0 N–H and O–H groups in total. The summed E-state index contributed by atoms with van der Waals surface area (Å²) < 4.78 is 10.0. The first kappa shape index (κ1) is 8.53. The van der Waals surface area contributed by atoms with Crippen molar-refractivity contribution in [1.82, 2.24) is 0 Å². The lowest BCUT2D eigenvalue weighted by molar-refractivity contribution is -0.148. The van der Waals surface area contributed by atoms with E-state index >= 15 is 0 Å². The second-order valence-electron chi connectivity index (χ2n) is 3.50. The predicted octanol–water partition coefficient (Wildman–Crippen LogP) is 0.975. The summed E-state index contributed by atoms with van der Waals surface area (Å²) in [7, 11) is 0. The summed E-state index contributed by atoms with van der Waals surface area (Å²) in [4.78, 5) is 10.9. The molecule has 1 unspecified atom stereocenters. The van der Waals surface area contributed by atoms with Crippen LogP contribution in [0.15, 0.2) is 0 Å². The molecule has 3 heteroatoms. The van der Waals surface area contributed by atoms with Gasteiger partial charge in [0.25, 0.3) is 0 Å². The van der Waals surface area contributed by atoms with E-state index in [1.165, 1.54) is 0 Å². The molecule has 1 rings (SSSR count). The van der Waals surface area contributed by atoms with Gasteiger partial charge in [0.1, 0.15) is 12.2 Å². The quantitative estimate of drug-likeness (QED) is 0.454. The highest BCUT2D eigenvalue weighted by molar-refractivity contribution is 5.71. The maximum atomic E-state index is 10.9. The van der Waals surface area contributed by atoms with Crippen LogP contribution < -0.4 is 0 Å². The summed E-state index contributed by atoms with van der Waals surface area (Å²) in [5.41, 5.74) is -0.176. The van der Waals surface area contributed by atoms with E-state index in [1.54, 1.807) is 0 Å². The van der Waals surface area contributed by atoms with Crippen LogP contribution in [0.4, 0.5) is 0 Å². The van der Waals surface area contributed by atoms with E-state index in [9.17, 15) is 4.79 Å². The Bertz CT molecular complexity index is 159. The number of epoxide rings is 1. The first-order valence-electron chi connectivity index (χ1n) is 3.84. The number of esters is 1. The molecule has 64 valence electrons. The van der Waals surface area contributed by atoms with Gasteiger partial charge in [-0.3, -0.25) is 4.79 Å². The fraction of sp³-hybridized carbons (Fsp3) is 0.875. The Morgan fingerprint density at radius 1 is 1.73 bits per heavy atom. The van der Waals surface area contributed by atoms with Crippen LogP contribution in [-0.2, 0) is 14.3 Å². The second kappa shape index (κ2) is 2.81. The molecule has 1 aliphatic rings. The summed E-state index contributed by atoms with van der Waals surface area (Å²) in [5, 5.41) is 0. The van der Waals surface area contributed by atoms with Gasteiger partial charge in [0.05, 0.1) is 12.5 Å². The Morgan fingerprint density at radius 2 is 2.27 bits per heavy atom. The Morgan fingerprint density at radius 3 is 2.64 bits per heavy atom.